The van der Waals surface area contributed by atoms with Gasteiger partial charge in [-0.3, -0.25) is 4.98 Å². The fraction of sp³-hybridized carbons (Fsp3) is 0. The van der Waals surface area contributed by atoms with E-state index in [9.17, 15) is 5.26 Å². The first-order chi connectivity index (χ1) is 35.7. The van der Waals surface area contributed by atoms with Crippen LogP contribution in [0.4, 0.5) is 0 Å². The zero-order valence-corrected chi connectivity index (χ0v) is 40.1. The van der Waals surface area contributed by atoms with E-state index in [1.54, 1.807) is 0 Å². The van der Waals surface area contributed by atoms with Crippen LogP contribution >= 0.6 is 0 Å². The molecule has 6 heteroatoms. The molecule has 0 saturated heterocycles. The number of hydrogen-bond donors (Lipinski definition) is 0. The van der Waals surface area contributed by atoms with Crippen LogP contribution in [-0.2, 0) is 0 Å². The number of nitrogens with zero attached hydrogens (tertiary/aromatic N) is 5. The molecule has 0 atom stereocenters. The maximum atomic E-state index is 11.6. The van der Waals surface area contributed by atoms with Crippen molar-refractivity contribution in [2.45, 2.75) is 0 Å². The maximum absolute atomic E-state index is 11.6. The highest BCUT2D eigenvalue weighted by atomic mass is 28.3. The van der Waals surface area contributed by atoms with Crippen molar-refractivity contribution in [3.8, 4) is 34.4 Å². The Morgan fingerprint density at radius 3 is 1.10 bits per heavy atom. The van der Waals surface area contributed by atoms with E-state index < -0.39 is 8.07 Å². The quantitative estimate of drug-likeness (QED) is 0.113. The number of para-hydroxylation sites is 5. The highest BCUT2D eigenvalue weighted by Crippen LogP contribution is 2.42. The molecule has 10 aromatic carbocycles. The summed E-state index contributed by atoms with van der Waals surface area (Å²) in [6.45, 7) is 0. The summed E-state index contributed by atoms with van der Waals surface area (Å²) in [6, 6.07) is 94.7. The molecule has 0 bridgehead atoms. The molecule has 0 spiro atoms. The van der Waals surface area contributed by atoms with E-state index in [4.69, 9.17) is 4.98 Å². The van der Waals surface area contributed by atoms with Gasteiger partial charge < -0.3 is 13.7 Å². The Kier molecular flexibility index (Phi) is 9.53. The highest BCUT2D eigenvalue weighted by Gasteiger charge is 2.41. The molecule has 14 aromatic rings. The van der Waals surface area contributed by atoms with E-state index in [1.807, 2.05) is 12.3 Å². The molecule has 14 rings (SSSR count). The molecule has 0 aliphatic heterocycles. The van der Waals surface area contributed by atoms with Crippen molar-refractivity contribution in [3.63, 3.8) is 0 Å². The number of hydrogen-bond acceptors (Lipinski definition) is 2. The second-order valence-corrected chi connectivity index (χ2v) is 22.4. The Morgan fingerprint density at radius 1 is 0.319 bits per heavy atom. The summed E-state index contributed by atoms with van der Waals surface area (Å²) < 4.78 is 6.94. The van der Waals surface area contributed by atoms with E-state index in [0.717, 1.165) is 88.4 Å². The topological polar surface area (TPSA) is 51.5 Å². The van der Waals surface area contributed by atoms with Gasteiger partial charge in [0.1, 0.15) is 11.6 Å². The van der Waals surface area contributed by atoms with Crippen LogP contribution in [0.15, 0.2) is 261 Å². The van der Waals surface area contributed by atoms with Crippen molar-refractivity contribution >= 4 is 94.2 Å². The Morgan fingerprint density at radius 2 is 0.681 bits per heavy atom. The molecule has 0 radical (unpaired) electrons. The monoisotopic (exact) mass is 933 g/mol. The van der Waals surface area contributed by atoms with E-state index in [-0.39, 0.29) is 0 Å². The minimum absolute atomic E-state index is 0.571. The van der Waals surface area contributed by atoms with Gasteiger partial charge in [0.25, 0.3) is 0 Å². The van der Waals surface area contributed by atoms with Crippen LogP contribution in [-0.4, -0.2) is 26.8 Å². The smallest absolute Gasteiger partial charge is 0.179 e. The summed E-state index contributed by atoms with van der Waals surface area (Å²) in [5, 5.41) is 23.8. The van der Waals surface area contributed by atoms with Gasteiger partial charge in [0.05, 0.1) is 55.9 Å². The van der Waals surface area contributed by atoms with E-state index in [1.165, 1.54) is 26.1 Å². The molecule has 336 valence electrons. The number of nitriles is 1. The minimum atomic E-state index is -2.84. The fourth-order valence-electron chi connectivity index (χ4n) is 11.9. The van der Waals surface area contributed by atoms with Crippen molar-refractivity contribution in [1.82, 2.24) is 18.7 Å². The number of pyridine rings is 1. The van der Waals surface area contributed by atoms with Crippen LogP contribution in [0.5, 0.6) is 0 Å². The van der Waals surface area contributed by atoms with Gasteiger partial charge >= 0.3 is 0 Å². The summed E-state index contributed by atoms with van der Waals surface area (Å²) in [5.74, 6) is 0. The average molecular weight is 934 g/mol. The summed E-state index contributed by atoms with van der Waals surface area (Å²) in [6.07, 6.45) is 1.89. The summed E-state index contributed by atoms with van der Waals surface area (Å²) >= 11 is 0. The largest absolute Gasteiger partial charge is 0.308 e. The average Bonchev–Trinajstić information content (AvgIpc) is 4.09. The zero-order chi connectivity index (χ0) is 47.8. The van der Waals surface area contributed by atoms with Crippen LogP contribution in [0.3, 0.4) is 0 Å². The van der Waals surface area contributed by atoms with Crippen LogP contribution in [0.25, 0.3) is 93.7 Å². The van der Waals surface area contributed by atoms with Gasteiger partial charge in [-0.1, -0.05) is 194 Å². The molecular formula is C66H43N5Si. The Hall–Kier alpha value is -9.54. The van der Waals surface area contributed by atoms with Crippen LogP contribution in [0, 0.1) is 11.3 Å². The first kappa shape index (κ1) is 41.4. The Labute approximate surface area is 417 Å². The van der Waals surface area contributed by atoms with Gasteiger partial charge in [-0.15, -0.1) is 0 Å². The normalized spacial score (nSPS) is 11.9. The standard InChI is InChI=1S/C66H43N5Si/c67-44-56-64(70-57-32-15-10-27-50(57)51-28-11-16-33-58(51)70)41-45(42-65(56)71-59-34-17-12-29-52(59)53-30-13-18-35-60(53)71)66-63(37-20-40-68-66)69-61-36-19-14-31-54(61)55-43-49(38-39-62(55)69)72(46-21-4-1-5-22-46,47-23-6-2-7-24-47)48-25-8-3-9-26-48/h1-43H. The van der Waals surface area contributed by atoms with Crippen molar-refractivity contribution in [2.75, 3.05) is 0 Å². The summed E-state index contributed by atoms with van der Waals surface area (Å²) in [7, 11) is -2.84. The highest BCUT2D eigenvalue weighted by molar-refractivity contribution is 7.20. The van der Waals surface area contributed by atoms with Crippen molar-refractivity contribution in [1.29, 1.82) is 5.26 Å². The van der Waals surface area contributed by atoms with E-state index in [0.29, 0.717) is 5.56 Å². The van der Waals surface area contributed by atoms with Gasteiger partial charge in [-0.05, 0) is 81.4 Å². The third-order valence-corrected chi connectivity index (χ3v) is 19.7. The first-order valence-corrected chi connectivity index (χ1v) is 26.4. The van der Waals surface area contributed by atoms with Crippen molar-refractivity contribution in [2.24, 2.45) is 0 Å². The number of aromatic nitrogens is 4. The summed E-state index contributed by atoms with van der Waals surface area (Å²) in [4.78, 5) is 5.33. The van der Waals surface area contributed by atoms with E-state index in [2.05, 4.69) is 268 Å². The molecular weight excluding hydrogens is 891 g/mol. The lowest BCUT2D eigenvalue weighted by atomic mass is 10.0. The lowest BCUT2D eigenvalue weighted by Gasteiger charge is -2.34. The Balaban J connectivity index is 1.07. The lowest BCUT2D eigenvalue weighted by molar-refractivity contribution is 1.11. The van der Waals surface area contributed by atoms with Crippen molar-refractivity contribution in [3.05, 3.63) is 267 Å². The SMILES string of the molecule is N#Cc1c(-n2c3ccccc3c3ccccc32)cc(-c2ncccc2-n2c3ccccc3c3cc([Si](c4ccccc4)(c4ccccc4)c4ccccc4)ccc32)cc1-n1c2ccccc2c2ccccc21. The van der Waals surface area contributed by atoms with Crippen LogP contribution < -0.4 is 20.7 Å². The molecule has 0 saturated carbocycles. The van der Waals surface area contributed by atoms with Crippen molar-refractivity contribution < 1.29 is 0 Å². The third kappa shape index (κ3) is 6.08. The molecule has 4 aromatic heterocycles. The predicted octanol–water partition coefficient (Wildman–Crippen LogP) is 13.3. The second-order valence-electron chi connectivity index (χ2n) is 18.5. The van der Waals surface area contributed by atoms with Crippen LogP contribution in [0.2, 0.25) is 0 Å². The molecule has 0 unspecified atom stereocenters. The first-order valence-electron chi connectivity index (χ1n) is 24.4. The molecule has 5 nitrogen and oxygen atoms in total. The maximum Gasteiger partial charge on any atom is 0.179 e. The lowest BCUT2D eigenvalue weighted by Crippen LogP contribution is -2.74. The number of fused-ring (bicyclic) bond motifs is 9. The molecule has 0 amide bonds. The van der Waals surface area contributed by atoms with Gasteiger partial charge in [0.15, 0.2) is 8.07 Å². The van der Waals surface area contributed by atoms with Crippen LogP contribution in [0.1, 0.15) is 5.56 Å². The predicted molar refractivity (Wildman–Crippen MR) is 301 cm³/mol. The number of rotatable bonds is 8. The van der Waals surface area contributed by atoms with Gasteiger partial charge in [-0.2, -0.15) is 5.26 Å². The molecule has 72 heavy (non-hydrogen) atoms. The minimum Gasteiger partial charge on any atom is -0.308 e. The van der Waals surface area contributed by atoms with Gasteiger partial charge in [0, 0.05) is 44.1 Å². The third-order valence-electron chi connectivity index (χ3n) is 14.9. The molecule has 0 aliphatic carbocycles. The number of benzene rings is 10. The molecule has 4 heterocycles. The molecule has 0 fully saturated rings. The second kappa shape index (κ2) is 16.6. The molecule has 0 aliphatic rings. The molecule has 0 N–H and O–H groups in total. The van der Waals surface area contributed by atoms with E-state index >= 15 is 0 Å². The van der Waals surface area contributed by atoms with Gasteiger partial charge in [0.2, 0.25) is 0 Å². The zero-order valence-electron chi connectivity index (χ0n) is 39.1. The fourth-order valence-corrected chi connectivity index (χ4v) is 16.7. The summed E-state index contributed by atoms with van der Waals surface area (Å²) in [5.41, 5.74) is 11.1. The Bertz CT molecular complexity index is 4130. The van der Waals surface area contributed by atoms with Gasteiger partial charge in [-0.25, -0.2) is 0 Å².